The summed E-state index contributed by atoms with van der Waals surface area (Å²) in [4.78, 5) is 22.3. The van der Waals surface area contributed by atoms with Crippen LogP contribution in [0.15, 0.2) is 60.0 Å². The zero-order valence-electron chi connectivity index (χ0n) is 18.5. The van der Waals surface area contributed by atoms with E-state index < -0.39 is 0 Å². The second kappa shape index (κ2) is 10.1. The summed E-state index contributed by atoms with van der Waals surface area (Å²) in [6.07, 6.45) is 2.01. The van der Waals surface area contributed by atoms with Crippen molar-refractivity contribution in [3.63, 3.8) is 0 Å². The highest BCUT2D eigenvalue weighted by atomic mass is 32.1. The lowest BCUT2D eigenvalue weighted by atomic mass is 10.1. The van der Waals surface area contributed by atoms with Gasteiger partial charge in [-0.15, -0.1) is 11.3 Å². The molecule has 0 saturated carbocycles. The largest absolute Gasteiger partial charge is 0.365 e. The summed E-state index contributed by atoms with van der Waals surface area (Å²) < 4.78 is 14.5. The fourth-order valence-corrected chi connectivity index (χ4v) is 4.82. The van der Waals surface area contributed by atoms with Gasteiger partial charge in [-0.3, -0.25) is 4.79 Å². The molecule has 1 aliphatic rings. The zero-order chi connectivity index (χ0) is 23.3. The molecule has 2 aromatic heterocycles. The smallest absolute Gasteiger partial charge is 0.253 e. The van der Waals surface area contributed by atoms with Crippen LogP contribution < -0.4 is 21.3 Å². The molecule has 1 atom stereocenters. The number of fused-ring (bicyclic) bond motifs is 1. The van der Waals surface area contributed by atoms with Gasteiger partial charge in [-0.05, 0) is 60.7 Å². The Bertz CT molecular complexity index is 1300. The third-order valence-electron chi connectivity index (χ3n) is 5.70. The maximum atomic E-state index is 13.6. The molecule has 4 aromatic rings. The van der Waals surface area contributed by atoms with Crippen LogP contribution in [-0.2, 0) is 6.54 Å². The van der Waals surface area contributed by atoms with Gasteiger partial charge in [-0.2, -0.15) is 4.98 Å². The number of rotatable bonds is 7. The number of anilines is 3. The molecule has 7 nitrogen and oxygen atoms in total. The Balaban J connectivity index is 1.37. The summed E-state index contributed by atoms with van der Waals surface area (Å²) in [5.41, 5.74) is 2.78. The number of carbonyl (C=O) groups is 1. The zero-order valence-corrected chi connectivity index (χ0v) is 19.3. The van der Waals surface area contributed by atoms with Crippen molar-refractivity contribution >= 4 is 44.9 Å². The van der Waals surface area contributed by atoms with Crippen molar-refractivity contribution in [1.82, 2.24) is 20.6 Å². The summed E-state index contributed by atoms with van der Waals surface area (Å²) in [5, 5.41) is 14.9. The van der Waals surface area contributed by atoms with E-state index in [1.165, 1.54) is 23.5 Å². The molecule has 1 fully saturated rings. The second-order valence-electron chi connectivity index (χ2n) is 8.20. The highest BCUT2D eigenvalue weighted by Gasteiger charge is 2.19. The highest BCUT2D eigenvalue weighted by molar-refractivity contribution is 7.17. The first-order valence-corrected chi connectivity index (χ1v) is 12.1. The van der Waals surface area contributed by atoms with Gasteiger partial charge in [0.05, 0.1) is 21.5 Å². The molecule has 34 heavy (non-hydrogen) atoms. The van der Waals surface area contributed by atoms with Gasteiger partial charge in [0, 0.05) is 19.1 Å². The number of halogens is 1. The van der Waals surface area contributed by atoms with Crippen molar-refractivity contribution in [2.75, 3.05) is 23.7 Å². The van der Waals surface area contributed by atoms with Gasteiger partial charge in [-0.25, -0.2) is 9.37 Å². The summed E-state index contributed by atoms with van der Waals surface area (Å²) in [7, 11) is 0. The summed E-state index contributed by atoms with van der Waals surface area (Å²) in [6.45, 7) is 2.19. The Morgan fingerprint density at radius 2 is 2.06 bits per heavy atom. The van der Waals surface area contributed by atoms with E-state index in [-0.39, 0.29) is 17.8 Å². The van der Waals surface area contributed by atoms with Gasteiger partial charge in [0.2, 0.25) is 5.95 Å². The van der Waals surface area contributed by atoms with Crippen LogP contribution >= 0.6 is 11.3 Å². The molecule has 1 unspecified atom stereocenters. The Morgan fingerprint density at radius 3 is 2.91 bits per heavy atom. The van der Waals surface area contributed by atoms with Crippen LogP contribution in [0, 0.1) is 5.82 Å². The van der Waals surface area contributed by atoms with E-state index in [1.807, 2.05) is 35.7 Å². The molecule has 0 aliphatic carbocycles. The van der Waals surface area contributed by atoms with Crippen LogP contribution in [0.25, 0.3) is 10.2 Å². The number of para-hydroxylation sites is 1. The minimum Gasteiger partial charge on any atom is -0.365 e. The normalized spacial score (nSPS) is 15.7. The van der Waals surface area contributed by atoms with Crippen molar-refractivity contribution in [3.05, 3.63) is 76.9 Å². The van der Waals surface area contributed by atoms with Crippen molar-refractivity contribution in [3.8, 4) is 0 Å². The van der Waals surface area contributed by atoms with Crippen molar-refractivity contribution < 1.29 is 9.18 Å². The summed E-state index contributed by atoms with van der Waals surface area (Å²) in [5.74, 6) is 0.636. The van der Waals surface area contributed by atoms with Crippen LogP contribution in [0.2, 0.25) is 0 Å². The quantitative estimate of drug-likeness (QED) is 0.310. The van der Waals surface area contributed by atoms with Crippen LogP contribution in [0.3, 0.4) is 0 Å². The first-order chi connectivity index (χ1) is 16.7. The minimum absolute atomic E-state index is 0.117. The van der Waals surface area contributed by atoms with Gasteiger partial charge in [-0.1, -0.05) is 24.3 Å². The fourth-order valence-electron chi connectivity index (χ4n) is 4.02. The van der Waals surface area contributed by atoms with Crippen molar-refractivity contribution in [1.29, 1.82) is 0 Å². The molecule has 1 aliphatic heterocycles. The molecule has 1 saturated heterocycles. The molecule has 174 valence electrons. The molecular formula is C25H25FN6OS. The first-order valence-electron chi connectivity index (χ1n) is 11.3. The average Bonchev–Trinajstić information content (AvgIpc) is 3.32. The van der Waals surface area contributed by atoms with Crippen LogP contribution in [0.4, 0.5) is 21.8 Å². The van der Waals surface area contributed by atoms with E-state index in [1.54, 1.807) is 12.1 Å². The lowest BCUT2D eigenvalue weighted by molar-refractivity contribution is 0.0931. The standard InChI is InChI=1S/C25H25FN6OS/c26-17-6-3-5-16(13-17)14-28-23-22-21(10-12-34-22)31-25(32-23)30-20-9-2-1-8-19(20)24(33)29-18-7-4-11-27-15-18/h1-3,5-6,8-10,12-13,18,27H,4,7,11,14-15H2,(H,29,33)(H2,28,30,31,32). The maximum Gasteiger partial charge on any atom is 0.253 e. The number of benzene rings is 2. The van der Waals surface area contributed by atoms with E-state index in [4.69, 9.17) is 0 Å². The lowest BCUT2D eigenvalue weighted by Crippen LogP contribution is -2.45. The molecule has 2 aromatic carbocycles. The third kappa shape index (κ3) is 5.16. The minimum atomic E-state index is -0.274. The predicted octanol–water partition coefficient (Wildman–Crippen LogP) is 4.67. The summed E-state index contributed by atoms with van der Waals surface area (Å²) >= 11 is 1.54. The molecule has 5 rings (SSSR count). The fraction of sp³-hybridized carbons (Fsp3) is 0.240. The van der Waals surface area contributed by atoms with E-state index in [0.717, 1.165) is 41.7 Å². The van der Waals surface area contributed by atoms with Crippen molar-refractivity contribution in [2.45, 2.75) is 25.4 Å². The van der Waals surface area contributed by atoms with E-state index in [9.17, 15) is 9.18 Å². The number of hydrogen-bond donors (Lipinski definition) is 4. The topological polar surface area (TPSA) is 91.0 Å². The molecule has 1 amide bonds. The molecule has 0 bridgehead atoms. The third-order valence-corrected chi connectivity index (χ3v) is 6.61. The van der Waals surface area contributed by atoms with Crippen LogP contribution in [0.5, 0.6) is 0 Å². The van der Waals surface area contributed by atoms with E-state index in [2.05, 4.69) is 31.2 Å². The summed E-state index contributed by atoms with van der Waals surface area (Å²) in [6, 6.07) is 15.9. The SMILES string of the molecule is O=C(NC1CCCNC1)c1ccccc1Nc1nc(NCc2cccc(F)c2)c2sccc2n1. The monoisotopic (exact) mass is 476 g/mol. The van der Waals surface area contributed by atoms with E-state index in [0.29, 0.717) is 29.6 Å². The number of hydrogen-bond acceptors (Lipinski definition) is 7. The van der Waals surface area contributed by atoms with Gasteiger partial charge in [0.1, 0.15) is 11.6 Å². The second-order valence-corrected chi connectivity index (χ2v) is 9.12. The van der Waals surface area contributed by atoms with Crippen LogP contribution in [0.1, 0.15) is 28.8 Å². The Morgan fingerprint density at radius 1 is 1.15 bits per heavy atom. The lowest BCUT2D eigenvalue weighted by Gasteiger charge is -2.24. The van der Waals surface area contributed by atoms with Gasteiger partial charge in [0.25, 0.3) is 5.91 Å². The molecule has 9 heteroatoms. The molecule has 0 radical (unpaired) electrons. The average molecular weight is 477 g/mol. The van der Waals surface area contributed by atoms with Gasteiger partial charge >= 0.3 is 0 Å². The number of thiophene rings is 1. The predicted molar refractivity (Wildman–Crippen MR) is 134 cm³/mol. The number of aromatic nitrogens is 2. The first kappa shape index (κ1) is 22.2. The molecule has 4 N–H and O–H groups in total. The Hall–Kier alpha value is -3.56. The Labute approximate surface area is 200 Å². The van der Waals surface area contributed by atoms with Crippen LogP contribution in [-0.4, -0.2) is 35.0 Å². The number of nitrogens with one attached hydrogen (secondary N) is 4. The number of amides is 1. The molecular weight excluding hydrogens is 451 g/mol. The van der Waals surface area contributed by atoms with E-state index >= 15 is 0 Å². The van der Waals surface area contributed by atoms with Crippen molar-refractivity contribution in [2.24, 2.45) is 0 Å². The maximum absolute atomic E-state index is 13.6. The molecule has 3 heterocycles. The highest BCUT2D eigenvalue weighted by Crippen LogP contribution is 2.29. The van der Waals surface area contributed by atoms with Gasteiger partial charge in [0.15, 0.2) is 0 Å². The molecule has 0 spiro atoms. The number of piperidine rings is 1. The number of carbonyl (C=O) groups excluding carboxylic acids is 1. The number of nitrogens with zero attached hydrogens (tertiary/aromatic N) is 2. The van der Waals surface area contributed by atoms with Gasteiger partial charge < -0.3 is 21.3 Å². The Kier molecular flexibility index (Phi) is 6.64.